The van der Waals surface area contributed by atoms with E-state index in [0.29, 0.717) is 12.2 Å². The predicted molar refractivity (Wildman–Crippen MR) is 76.5 cm³/mol. The maximum absolute atomic E-state index is 11.8. The van der Waals surface area contributed by atoms with Crippen molar-refractivity contribution in [3.63, 3.8) is 0 Å². The van der Waals surface area contributed by atoms with Gasteiger partial charge in [-0.25, -0.2) is 4.79 Å². The van der Waals surface area contributed by atoms with Crippen molar-refractivity contribution in [2.45, 2.75) is 19.5 Å². The second kappa shape index (κ2) is 5.54. The van der Waals surface area contributed by atoms with E-state index in [4.69, 9.17) is 0 Å². The molecule has 0 aromatic carbocycles. The van der Waals surface area contributed by atoms with Crippen LogP contribution in [0.4, 0.5) is 0 Å². The third kappa shape index (κ3) is 2.85. The van der Waals surface area contributed by atoms with Crippen LogP contribution in [0, 0.1) is 0 Å². The molecule has 1 N–H and O–H groups in total. The molecule has 2 aromatic heterocycles. The second-order valence-corrected chi connectivity index (χ2v) is 5.47. The average Bonchev–Trinajstić information content (AvgIpc) is 2.92. The Labute approximate surface area is 115 Å². The highest BCUT2D eigenvalue weighted by atomic mass is 32.1. The number of nitrogens with one attached hydrogen (secondary N) is 1. The van der Waals surface area contributed by atoms with Crippen LogP contribution >= 0.6 is 11.3 Å². The number of hydrogen-bond acceptors (Lipinski definition) is 4. The molecule has 6 heteroatoms. The minimum absolute atomic E-state index is 0.194. The van der Waals surface area contributed by atoms with Crippen molar-refractivity contribution in [2.75, 3.05) is 0 Å². The maximum atomic E-state index is 11.8. The zero-order chi connectivity index (χ0) is 14.0. The summed E-state index contributed by atoms with van der Waals surface area (Å²) in [6, 6.07) is 5.76. The first-order valence-corrected chi connectivity index (χ1v) is 6.91. The zero-order valence-corrected chi connectivity index (χ0v) is 12.0. The summed E-state index contributed by atoms with van der Waals surface area (Å²) in [5.74, 6) is 0. The van der Waals surface area contributed by atoms with E-state index in [1.807, 2.05) is 11.4 Å². The van der Waals surface area contributed by atoms with Crippen LogP contribution in [-0.2, 0) is 20.6 Å². The van der Waals surface area contributed by atoms with E-state index in [2.05, 4.69) is 18.3 Å². The van der Waals surface area contributed by atoms with Gasteiger partial charge < -0.3 is 5.32 Å². The molecule has 5 nitrogen and oxygen atoms in total. The molecule has 1 atom stereocenters. The Morgan fingerprint density at radius 2 is 2.05 bits per heavy atom. The zero-order valence-electron chi connectivity index (χ0n) is 11.2. The molecule has 0 spiro atoms. The quantitative estimate of drug-likeness (QED) is 0.908. The fraction of sp³-hybridized carbons (Fsp3) is 0.385. The lowest BCUT2D eigenvalue weighted by Gasteiger charge is -2.14. The number of hydrogen-bond donors (Lipinski definition) is 1. The summed E-state index contributed by atoms with van der Waals surface area (Å²) in [6.07, 6.45) is 0. The Bertz CT molecular complexity index is 670. The Hall–Kier alpha value is -1.66. The summed E-state index contributed by atoms with van der Waals surface area (Å²) in [5.41, 5.74) is 0.119. The molecular formula is C13H17N3O2S. The SMILES string of the molecule is C[C@@H](NCc1cc(=O)n(C)c(=O)n1C)c1cccs1. The molecule has 0 bridgehead atoms. The summed E-state index contributed by atoms with van der Waals surface area (Å²) >= 11 is 1.68. The van der Waals surface area contributed by atoms with Crippen LogP contribution in [0.2, 0.25) is 0 Å². The predicted octanol–water partition coefficient (Wildman–Crippen LogP) is 0.996. The minimum atomic E-state index is -0.298. The topological polar surface area (TPSA) is 56.0 Å². The largest absolute Gasteiger partial charge is 0.330 e. The van der Waals surface area contributed by atoms with Gasteiger partial charge in [-0.2, -0.15) is 0 Å². The fourth-order valence-electron chi connectivity index (χ4n) is 1.84. The summed E-state index contributed by atoms with van der Waals surface area (Å²) < 4.78 is 2.60. The third-order valence-corrected chi connectivity index (χ3v) is 4.24. The van der Waals surface area contributed by atoms with Gasteiger partial charge in [0.05, 0.1) is 0 Å². The van der Waals surface area contributed by atoms with Gasteiger partial charge in [0.25, 0.3) is 5.56 Å². The average molecular weight is 279 g/mol. The van der Waals surface area contributed by atoms with Gasteiger partial charge in [0.2, 0.25) is 0 Å². The molecule has 0 radical (unpaired) electrons. The first-order chi connectivity index (χ1) is 9.00. The lowest BCUT2D eigenvalue weighted by atomic mass is 10.2. The highest BCUT2D eigenvalue weighted by molar-refractivity contribution is 7.10. The van der Waals surface area contributed by atoms with Crippen LogP contribution < -0.4 is 16.6 Å². The van der Waals surface area contributed by atoms with E-state index in [9.17, 15) is 9.59 Å². The molecule has 0 saturated heterocycles. The standard InChI is InChI=1S/C13H17N3O2S/c1-9(11-5-4-6-19-11)14-8-10-7-12(17)16(3)13(18)15(10)2/h4-7,9,14H,8H2,1-3H3/t9-/m1/s1. The highest BCUT2D eigenvalue weighted by Gasteiger charge is 2.09. The Balaban J connectivity index is 2.17. The normalized spacial score (nSPS) is 12.6. The Morgan fingerprint density at radius 3 is 2.68 bits per heavy atom. The van der Waals surface area contributed by atoms with Crippen molar-refractivity contribution >= 4 is 11.3 Å². The number of aromatic nitrogens is 2. The van der Waals surface area contributed by atoms with Crippen LogP contribution in [-0.4, -0.2) is 9.13 Å². The van der Waals surface area contributed by atoms with E-state index in [0.717, 1.165) is 4.57 Å². The molecule has 2 rings (SSSR count). The smallest absolute Gasteiger partial charge is 0.304 e. The van der Waals surface area contributed by atoms with Gasteiger partial charge in [-0.05, 0) is 18.4 Å². The first kappa shape index (κ1) is 13.8. The molecule has 0 aliphatic carbocycles. The minimum Gasteiger partial charge on any atom is -0.304 e. The van der Waals surface area contributed by atoms with Crippen molar-refractivity contribution in [3.05, 3.63) is 55.0 Å². The lowest BCUT2D eigenvalue weighted by Crippen LogP contribution is -2.39. The highest BCUT2D eigenvalue weighted by Crippen LogP contribution is 2.18. The summed E-state index contributed by atoms with van der Waals surface area (Å²) in [6.45, 7) is 2.55. The van der Waals surface area contributed by atoms with Crippen molar-refractivity contribution in [3.8, 4) is 0 Å². The van der Waals surface area contributed by atoms with Crippen molar-refractivity contribution in [1.82, 2.24) is 14.5 Å². The monoisotopic (exact) mass is 279 g/mol. The summed E-state index contributed by atoms with van der Waals surface area (Å²) in [4.78, 5) is 24.6. The van der Waals surface area contributed by atoms with Crippen molar-refractivity contribution < 1.29 is 0 Å². The second-order valence-electron chi connectivity index (χ2n) is 4.49. The van der Waals surface area contributed by atoms with Crippen LogP contribution in [0.25, 0.3) is 0 Å². The van der Waals surface area contributed by atoms with Gasteiger partial charge in [-0.3, -0.25) is 13.9 Å². The maximum Gasteiger partial charge on any atom is 0.330 e. The summed E-state index contributed by atoms with van der Waals surface area (Å²) in [5, 5.41) is 5.35. The third-order valence-electron chi connectivity index (χ3n) is 3.18. The molecule has 0 unspecified atom stereocenters. The molecule has 0 aliphatic heterocycles. The van der Waals surface area contributed by atoms with Crippen LogP contribution in [0.3, 0.4) is 0 Å². The Morgan fingerprint density at radius 1 is 1.32 bits per heavy atom. The van der Waals surface area contributed by atoms with Crippen LogP contribution in [0.15, 0.2) is 33.2 Å². The van der Waals surface area contributed by atoms with E-state index in [1.165, 1.54) is 22.6 Å². The molecule has 0 amide bonds. The summed E-state index contributed by atoms with van der Waals surface area (Å²) in [7, 11) is 3.16. The fourth-order valence-corrected chi connectivity index (χ4v) is 2.60. The molecule has 19 heavy (non-hydrogen) atoms. The molecule has 102 valence electrons. The lowest BCUT2D eigenvalue weighted by molar-refractivity contribution is 0.545. The van der Waals surface area contributed by atoms with Gasteiger partial charge in [-0.1, -0.05) is 6.07 Å². The van der Waals surface area contributed by atoms with E-state index < -0.39 is 0 Å². The van der Waals surface area contributed by atoms with Gasteiger partial charge in [0.1, 0.15) is 0 Å². The molecule has 2 aromatic rings. The van der Waals surface area contributed by atoms with Gasteiger partial charge in [-0.15, -0.1) is 11.3 Å². The number of rotatable bonds is 4. The van der Waals surface area contributed by atoms with Gasteiger partial charge >= 0.3 is 5.69 Å². The van der Waals surface area contributed by atoms with Crippen LogP contribution in [0.5, 0.6) is 0 Å². The molecule has 0 saturated carbocycles. The molecule has 0 fully saturated rings. The Kier molecular flexibility index (Phi) is 4.01. The van der Waals surface area contributed by atoms with Crippen LogP contribution in [0.1, 0.15) is 23.5 Å². The molecular weight excluding hydrogens is 262 g/mol. The first-order valence-electron chi connectivity index (χ1n) is 6.03. The molecule has 0 aliphatic rings. The van der Waals surface area contributed by atoms with Gasteiger partial charge in [0, 0.05) is 43.3 Å². The molecule has 2 heterocycles. The van der Waals surface area contributed by atoms with E-state index >= 15 is 0 Å². The van der Waals surface area contributed by atoms with E-state index in [1.54, 1.807) is 18.4 Å². The number of thiophene rings is 1. The van der Waals surface area contributed by atoms with Crippen molar-refractivity contribution in [2.24, 2.45) is 14.1 Å². The van der Waals surface area contributed by atoms with E-state index in [-0.39, 0.29) is 17.3 Å². The van der Waals surface area contributed by atoms with Crippen molar-refractivity contribution in [1.29, 1.82) is 0 Å². The van der Waals surface area contributed by atoms with Gasteiger partial charge in [0.15, 0.2) is 0 Å². The number of nitrogens with zero attached hydrogens (tertiary/aromatic N) is 2.